The zero-order chi connectivity index (χ0) is 39.5. The van der Waals surface area contributed by atoms with Crippen LogP contribution in [0, 0.1) is 0 Å². The van der Waals surface area contributed by atoms with E-state index in [-0.39, 0.29) is 32.0 Å². The van der Waals surface area contributed by atoms with Gasteiger partial charge in [0, 0.05) is 12.8 Å². The van der Waals surface area contributed by atoms with Crippen LogP contribution in [0.4, 0.5) is 0 Å². The van der Waals surface area contributed by atoms with Crippen molar-refractivity contribution in [3.05, 3.63) is 36.5 Å². The van der Waals surface area contributed by atoms with Crippen LogP contribution in [0.3, 0.4) is 0 Å². The number of carbonyl (C=O) groups is 2. The maximum Gasteiger partial charge on any atom is 0.306 e. The van der Waals surface area contributed by atoms with Crippen molar-refractivity contribution in [1.82, 2.24) is 0 Å². The van der Waals surface area contributed by atoms with Crippen LogP contribution in [0.15, 0.2) is 36.5 Å². The first-order valence-electron chi connectivity index (χ1n) is 21.6. The number of allylic oxidation sites excluding steroid dienone is 6. The van der Waals surface area contributed by atoms with E-state index >= 15 is 0 Å². The molecule has 1 saturated heterocycles. The lowest BCUT2D eigenvalue weighted by molar-refractivity contribution is -0.305. The summed E-state index contributed by atoms with van der Waals surface area (Å²) in [6, 6.07) is 0. The molecular formula is C44H78O10. The second-order valence-electron chi connectivity index (χ2n) is 14.8. The number of esters is 2. The molecule has 54 heavy (non-hydrogen) atoms. The van der Waals surface area contributed by atoms with Crippen LogP contribution in [0.1, 0.15) is 174 Å². The highest BCUT2D eigenvalue weighted by atomic mass is 16.7. The third-order valence-electron chi connectivity index (χ3n) is 9.78. The van der Waals surface area contributed by atoms with Gasteiger partial charge in [0.1, 0.15) is 31.0 Å². The van der Waals surface area contributed by atoms with Gasteiger partial charge in [-0.15, -0.1) is 0 Å². The lowest BCUT2D eigenvalue weighted by atomic mass is 9.99. The Morgan fingerprint density at radius 2 is 1.04 bits per heavy atom. The summed E-state index contributed by atoms with van der Waals surface area (Å²) in [5, 5.41) is 40.0. The number of aliphatic hydroxyl groups excluding tert-OH is 4. The minimum Gasteiger partial charge on any atom is -0.462 e. The van der Waals surface area contributed by atoms with Crippen molar-refractivity contribution in [3.63, 3.8) is 0 Å². The minimum atomic E-state index is -1.60. The largest absolute Gasteiger partial charge is 0.462 e. The highest BCUT2D eigenvalue weighted by Crippen LogP contribution is 2.22. The van der Waals surface area contributed by atoms with Gasteiger partial charge < -0.3 is 39.4 Å². The molecule has 0 amide bonds. The highest BCUT2D eigenvalue weighted by Gasteiger charge is 2.44. The van der Waals surface area contributed by atoms with Gasteiger partial charge in [0.05, 0.1) is 13.2 Å². The third kappa shape index (κ3) is 26.7. The van der Waals surface area contributed by atoms with Crippen LogP contribution >= 0.6 is 0 Å². The van der Waals surface area contributed by atoms with Crippen LogP contribution in [0.25, 0.3) is 0 Å². The molecule has 0 aliphatic carbocycles. The topological polar surface area (TPSA) is 152 Å². The van der Waals surface area contributed by atoms with E-state index in [4.69, 9.17) is 18.9 Å². The summed E-state index contributed by atoms with van der Waals surface area (Å²) in [6.07, 6.45) is 31.5. The fourth-order valence-electron chi connectivity index (χ4n) is 6.31. The average Bonchev–Trinajstić information content (AvgIpc) is 3.17. The zero-order valence-electron chi connectivity index (χ0n) is 34.0. The molecule has 0 aromatic heterocycles. The molecule has 1 fully saturated rings. The van der Waals surface area contributed by atoms with Gasteiger partial charge in [-0.05, 0) is 51.4 Å². The average molecular weight is 767 g/mol. The molecule has 6 unspecified atom stereocenters. The van der Waals surface area contributed by atoms with E-state index in [1.54, 1.807) is 0 Å². The number of hydrogen-bond acceptors (Lipinski definition) is 10. The summed E-state index contributed by atoms with van der Waals surface area (Å²) < 4.78 is 22.1. The van der Waals surface area contributed by atoms with Crippen molar-refractivity contribution in [2.45, 2.75) is 211 Å². The smallest absolute Gasteiger partial charge is 0.306 e. The van der Waals surface area contributed by atoms with Gasteiger partial charge in [0.25, 0.3) is 0 Å². The Bertz CT molecular complexity index is 980. The Labute approximate surface area is 327 Å². The van der Waals surface area contributed by atoms with Crippen molar-refractivity contribution >= 4 is 11.9 Å². The lowest BCUT2D eigenvalue weighted by Gasteiger charge is -2.39. The van der Waals surface area contributed by atoms with Crippen LogP contribution in [0.5, 0.6) is 0 Å². The van der Waals surface area contributed by atoms with Crippen LogP contribution < -0.4 is 0 Å². The summed E-state index contributed by atoms with van der Waals surface area (Å²) in [7, 11) is 0. The van der Waals surface area contributed by atoms with E-state index in [1.807, 2.05) is 0 Å². The molecule has 0 aromatic carbocycles. The molecule has 0 radical (unpaired) electrons. The fraction of sp³-hybridized carbons (Fsp3) is 0.818. The van der Waals surface area contributed by atoms with E-state index in [9.17, 15) is 30.0 Å². The molecule has 0 saturated carbocycles. The summed E-state index contributed by atoms with van der Waals surface area (Å²) in [5.74, 6) is -0.822. The SMILES string of the molecule is CCCCC/C=C\C/C=C\C/C=C\CCCCCCCCC(=O)OC(COC(=O)CCCCCCCCCCCC)COC1OC(CO)C(O)C(O)C1O. The Morgan fingerprint density at radius 1 is 0.574 bits per heavy atom. The molecule has 4 N–H and O–H groups in total. The van der Waals surface area contributed by atoms with Gasteiger partial charge in [-0.2, -0.15) is 0 Å². The second kappa shape index (κ2) is 35.3. The zero-order valence-corrected chi connectivity index (χ0v) is 34.0. The van der Waals surface area contributed by atoms with E-state index in [0.717, 1.165) is 70.6 Å². The molecule has 10 nitrogen and oxygen atoms in total. The highest BCUT2D eigenvalue weighted by molar-refractivity contribution is 5.70. The van der Waals surface area contributed by atoms with E-state index in [2.05, 4.69) is 50.3 Å². The summed E-state index contributed by atoms with van der Waals surface area (Å²) in [4.78, 5) is 25.2. The number of rotatable bonds is 35. The van der Waals surface area contributed by atoms with Gasteiger partial charge in [-0.3, -0.25) is 9.59 Å². The number of unbranched alkanes of at least 4 members (excludes halogenated alkanes) is 18. The first kappa shape index (κ1) is 49.9. The normalized spacial score (nSPS) is 21.0. The Balaban J connectivity index is 2.34. The molecule has 6 atom stereocenters. The quantitative estimate of drug-likeness (QED) is 0.0280. The van der Waals surface area contributed by atoms with Crippen molar-refractivity contribution in [3.8, 4) is 0 Å². The van der Waals surface area contributed by atoms with Gasteiger partial charge in [0.15, 0.2) is 12.4 Å². The Morgan fingerprint density at radius 3 is 1.59 bits per heavy atom. The Kier molecular flexibility index (Phi) is 32.7. The predicted molar refractivity (Wildman–Crippen MR) is 215 cm³/mol. The molecule has 1 rings (SSSR count). The van der Waals surface area contributed by atoms with Gasteiger partial charge in [-0.1, -0.05) is 147 Å². The van der Waals surface area contributed by atoms with E-state index in [0.29, 0.717) is 6.42 Å². The summed E-state index contributed by atoms with van der Waals surface area (Å²) >= 11 is 0. The monoisotopic (exact) mass is 767 g/mol. The standard InChI is InChI=1S/C44H78O10/c1-3-5-7-9-11-13-15-16-17-18-19-20-21-22-23-25-27-29-31-33-40(47)53-37(36-52-44-43(50)42(49)41(48)38(34-45)54-44)35-51-39(46)32-30-28-26-24-14-12-10-8-6-4-2/h11,13,16-17,19-20,37-38,41-45,48-50H,3-10,12,14-15,18,21-36H2,1-2H3/b13-11-,17-16-,20-19-. The molecule has 1 heterocycles. The molecule has 0 bridgehead atoms. The lowest BCUT2D eigenvalue weighted by Crippen LogP contribution is -2.59. The molecule has 0 aromatic rings. The number of hydrogen-bond donors (Lipinski definition) is 4. The van der Waals surface area contributed by atoms with Gasteiger partial charge in [0.2, 0.25) is 0 Å². The number of aliphatic hydroxyl groups is 4. The van der Waals surface area contributed by atoms with Crippen molar-refractivity contribution in [1.29, 1.82) is 0 Å². The summed E-state index contributed by atoms with van der Waals surface area (Å²) in [5.41, 5.74) is 0. The van der Waals surface area contributed by atoms with E-state index < -0.39 is 49.4 Å². The summed E-state index contributed by atoms with van der Waals surface area (Å²) in [6.45, 7) is 3.36. The fourth-order valence-corrected chi connectivity index (χ4v) is 6.31. The maximum atomic E-state index is 12.7. The molecule has 1 aliphatic rings. The minimum absolute atomic E-state index is 0.216. The second-order valence-corrected chi connectivity index (χ2v) is 14.8. The molecule has 10 heteroatoms. The van der Waals surface area contributed by atoms with Gasteiger partial charge >= 0.3 is 11.9 Å². The van der Waals surface area contributed by atoms with Crippen molar-refractivity contribution in [2.24, 2.45) is 0 Å². The van der Waals surface area contributed by atoms with E-state index in [1.165, 1.54) is 70.6 Å². The van der Waals surface area contributed by atoms with Crippen molar-refractivity contribution in [2.75, 3.05) is 19.8 Å². The molecule has 0 spiro atoms. The first-order chi connectivity index (χ1) is 26.3. The maximum absolute atomic E-state index is 12.7. The van der Waals surface area contributed by atoms with Gasteiger partial charge in [-0.25, -0.2) is 0 Å². The first-order valence-corrected chi connectivity index (χ1v) is 21.6. The molecule has 314 valence electrons. The van der Waals surface area contributed by atoms with Crippen LogP contribution in [0.2, 0.25) is 0 Å². The Hall–Kier alpha value is -2.08. The number of carbonyl (C=O) groups excluding carboxylic acids is 2. The number of ether oxygens (including phenoxy) is 4. The molecular weight excluding hydrogens is 688 g/mol. The van der Waals surface area contributed by atoms with Crippen LogP contribution in [-0.2, 0) is 28.5 Å². The third-order valence-corrected chi connectivity index (χ3v) is 9.78. The van der Waals surface area contributed by atoms with Crippen LogP contribution in [-0.4, -0.2) is 89.0 Å². The predicted octanol–water partition coefficient (Wildman–Crippen LogP) is 8.72. The van der Waals surface area contributed by atoms with Crippen molar-refractivity contribution < 1.29 is 49.0 Å². The molecule has 1 aliphatic heterocycles.